The molecule has 1 unspecified atom stereocenters. The van der Waals surface area contributed by atoms with Crippen molar-refractivity contribution in [2.45, 2.75) is 38.5 Å². The molecular formula is C18H23NO4. The van der Waals surface area contributed by atoms with Crippen molar-refractivity contribution in [1.29, 1.82) is 0 Å². The van der Waals surface area contributed by atoms with E-state index in [9.17, 15) is 9.59 Å². The van der Waals surface area contributed by atoms with Crippen LogP contribution >= 0.6 is 0 Å². The average molecular weight is 317 g/mol. The number of carboxylic acids is 1. The number of aliphatic carboxylic acids is 1. The van der Waals surface area contributed by atoms with E-state index >= 15 is 0 Å². The topological polar surface area (TPSA) is 75.6 Å². The third-order valence-corrected chi connectivity index (χ3v) is 5.10. The van der Waals surface area contributed by atoms with E-state index in [0.29, 0.717) is 17.7 Å². The predicted molar refractivity (Wildman–Crippen MR) is 85.3 cm³/mol. The van der Waals surface area contributed by atoms with E-state index in [1.54, 1.807) is 12.1 Å². The summed E-state index contributed by atoms with van der Waals surface area (Å²) in [4.78, 5) is 22.6. The van der Waals surface area contributed by atoms with E-state index in [1.807, 2.05) is 12.1 Å². The molecule has 5 nitrogen and oxygen atoms in total. The summed E-state index contributed by atoms with van der Waals surface area (Å²) in [7, 11) is 0. The fraction of sp³-hybridized carbons (Fsp3) is 0.556. The number of nitrogens with one attached hydrogen (secondary N) is 1. The minimum atomic E-state index is -0.989. The summed E-state index contributed by atoms with van der Waals surface area (Å²) in [6, 6.07) is 7.32. The minimum Gasteiger partial charge on any atom is -0.482 e. The first-order valence-electron chi connectivity index (χ1n) is 8.30. The van der Waals surface area contributed by atoms with Crippen LogP contribution in [-0.2, 0) is 16.0 Å². The molecule has 1 atom stereocenters. The average Bonchev–Trinajstić information content (AvgIpc) is 3.03. The van der Waals surface area contributed by atoms with Gasteiger partial charge in [-0.3, -0.25) is 4.79 Å². The highest BCUT2D eigenvalue weighted by molar-refractivity contribution is 5.82. The van der Waals surface area contributed by atoms with Crippen molar-refractivity contribution >= 4 is 11.9 Å². The van der Waals surface area contributed by atoms with Crippen molar-refractivity contribution in [2.75, 3.05) is 13.2 Å². The summed E-state index contributed by atoms with van der Waals surface area (Å²) in [5.74, 6) is 0.0170. The molecule has 0 aromatic heterocycles. The molecule has 1 amide bonds. The largest absolute Gasteiger partial charge is 0.482 e. The highest BCUT2D eigenvalue weighted by Gasteiger charge is 2.58. The molecule has 2 saturated carbocycles. The van der Waals surface area contributed by atoms with Gasteiger partial charge in [0.25, 0.3) is 0 Å². The Morgan fingerprint density at radius 3 is 2.57 bits per heavy atom. The Hall–Kier alpha value is -2.04. The van der Waals surface area contributed by atoms with Gasteiger partial charge in [-0.25, -0.2) is 4.79 Å². The molecule has 124 valence electrons. The van der Waals surface area contributed by atoms with Crippen LogP contribution in [0.1, 0.15) is 37.7 Å². The zero-order chi connectivity index (χ0) is 16.3. The Morgan fingerprint density at radius 1 is 1.22 bits per heavy atom. The van der Waals surface area contributed by atoms with Crippen molar-refractivity contribution in [1.82, 2.24) is 5.32 Å². The van der Waals surface area contributed by atoms with Crippen LogP contribution in [0.25, 0.3) is 0 Å². The van der Waals surface area contributed by atoms with Crippen LogP contribution in [0, 0.1) is 11.3 Å². The molecular weight excluding hydrogens is 294 g/mol. The van der Waals surface area contributed by atoms with E-state index in [0.717, 1.165) is 18.4 Å². The van der Waals surface area contributed by atoms with Gasteiger partial charge >= 0.3 is 5.97 Å². The Morgan fingerprint density at radius 2 is 1.91 bits per heavy atom. The Bertz CT molecular complexity index is 575. The van der Waals surface area contributed by atoms with Crippen LogP contribution in [0.2, 0.25) is 0 Å². The second-order valence-corrected chi connectivity index (χ2v) is 6.69. The number of hydrogen-bond donors (Lipinski definition) is 2. The number of ether oxygens (including phenoxy) is 1. The summed E-state index contributed by atoms with van der Waals surface area (Å²) >= 11 is 0. The highest BCUT2D eigenvalue weighted by atomic mass is 16.5. The molecule has 2 N–H and O–H groups in total. The van der Waals surface area contributed by atoms with E-state index in [1.165, 1.54) is 25.7 Å². The van der Waals surface area contributed by atoms with Crippen molar-refractivity contribution in [2.24, 2.45) is 11.3 Å². The zero-order valence-corrected chi connectivity index (χ0v) is 13.2. The molecule has 0 heterocycles. The van der Waals surface area contributed by atoms with Crippen LogP contribution in [0.5, 0.6) is 5.75 Å². The third-order valence-electron chi connectivity index (χ3n) is 5.10. The SMILES string of the molecule is O=C(O)COc1ccc(CCNC(=O)C2CC23CCCC3)cc1. The van der Waals surface area contributed by atoms with Crippen LogP contribution < -0.4 is 10.1 Å². The lowest BCUT2D eigenvalue weighted by Crippen LogP contribution is -2.28. The van der Waals surface area contributed by atoms with E-state index in [-0.39, 0.29) is 18.4 Å². The summed E-state index contributed by atoms with van der Waals surface area (Å²) < 4.78 is 5.09. The van der Waals surface area contributed by atoms with E-state index < -0.39 is 5.97 Å². The van der Waals surface area contributed by atoms with Gasteiger partial charge in [0, 0.05) is 12.5 Å². The maximum absolute atomic E-state index is 12.2. The first-order chi connectivity index (χ1) is 11.1. The number of benzene rings is 1. The molecule has 1 spiro atoms. The number of carboxylic acid groups (broad SMARTS) is 1. The summed E-state index contributed by atoms with van der Waals surface area (Å²) in [6.07, 6.45) is 6.85. The molecule has 1 aromatic rings. The number of hydrogen-bond acceptors (Lipinski definition) is 3. The van der Waals surface area contributed by atoms with Gasteiger partial charge in [0.05, 0.1) is 0 Å². The van der Waals surface area contributed by atoms with Gasteiger partial charge in [0.2, 0.25) is 5.91 Å². The lowest BCUT2D eigenvalue weighted by molar-refractivity contribution is -0.139. The first kappa shape index (κ1) is 15.8. The molecule has 0 aliphatic heterocycles. The third kappa shape index (κ3) is 3.84. The van der Waals surface area contributed by atoms with Gasteiger partial charge in [-0.1, -0.05) is 25.0 Å². The van der Waals surface area contributed by atoms with Crippen LogP contribution in [0.4, 0.5) is 0 Å². The minimum absolute atomic E-state index is 0.216. The van der Waals surface area contributed by atoms with Crippen molar-refractivity contribution in [3.8, 4) is 5.75 Å². The first-order valence-corrected chi connectivity index (χ1v) is 8.30. The lowest BCUT2D eigenvalue weighted by Gasteiger charge is -2.09. The van der Waals surface area contributed by atoms with E-state index in [4.69, 9.17) is 9.84 Å². The van der Waals surface area contributed by atoms with Gasteiger partial charge < -0.3 is 15.2 Å². The van der Waals surface area contributed by atoms with Gasteiger partial charge in [-0.05, 0) is 48.8 Å². The summed E-state index contributed by atoms with van der Waals surface area (Å²) in [6.45, 7) is 0.305. The van der Waals surface area contributed by atoms with Crippen LogP contribution in [0.15, 0.2) is 24.3 Å². The quantitative estimate of drug-likeness (QED) is 0.809. The number of rotatable bonds is 7. The van der Waals surface area contributed by atoms with Crippen LogP contribution in [0.3, 0.4) is 0 Å². The zero-order valence-electron chi connectivity index (χ0n) is 13.2. The molecule has 1 aromatic carbocycles. The molecule has 0 radical (unpaired) electrons. The smallest absolute Gasteiger partial charge is 0.341 e. The standard InChI is InChI=1S/C18H23NO4/c20-16(21)12-23-14-5-3-13(4-6-14)7-10-19-17(22)15-11-18(15)8-1-2-9-18/h3-6,15H,1-2,7-12H2,(H,19,22)(H,20,21). The molecule has 23 heavy (non-hydrogen) atoms. The molecule has 5 heteroatoms. The molecule has 0 bridgehead atoms. The number of carbonyl (C=O) groups is 2. The van der Waals surface area contributed by atoms with Crippen LogP contribution in [-0.4, -0.2) is 30.1 Å². The molecule has 2 fully saturated rings. The molecule has 2 aliphatic carbocycles. The second kappa shape index (κ2) is 6.60. The maximum atomic E-state index is 12.2. The van der Waals surface area contributed by atoms with Gasteiger partial charge in [-0.2, -0.15) is 0 Å². The van der Waals surface area contributed by atoms with Crippen molar-refractivity contribution < 1.29 is 19.4 Å². The second-order valence-electron chi connectivity index (χ2n) is 6.69. The van der Waals surface area contributed by atoms with Gasteiger partial charge in [-0.15, -0.1) is 0 Å². The number of amides is 1. The molecule has 3 rings (SSSR count). The lowest BCUT2D eigenvalue weighted by atomic mass is 10.0. The summed E-state index contributed by atoms with van der Waals surface area (Å²) in [5.41, 5.74) is 1.45. The highest BCUT2D eigenvalue weighted by Crippen LogP contribution is 2.62. The normalized spacial score (nSPS) is 21.1. The Labute approximate surface area is 136 Å². The van der Waals surface area contributed by atoms with Crippen molar-refractivity contribution in [3.05, 3.63) is 29.8 Å². The predicted octanol–water partition coefficient (Wildman–Crippen LogP) is 2.39. The van der Waals surface area contributed by atoms with Gasteiger partial charge in [0.1, 0.15) is 5.75 Å². The summed E-state index contributed by atoms with van der Waals surface area (Å²) in [5, 5.41) is 11.6. The molecule has 0 saturated heterocycles. The monoisotopic (exact) mass is 317 g/mol. The van der Waals surface area contributed by atoms with E-state index in [2.05, 4.69) is 5.32 Å². The number of carbonyl (C=O) groups excluding carboxylic acids is 1. The maximum Gasteiger partial charge on any atom is 0.341 e. The Kier molecular flexibility index (Phi) is 4.55. The van der Waals surface area contributed by atoms with Crippen molar-refractivity contribution in [3.63, 3.8) is 0 Å². The molecule has 2 aliphatic rings. The van der Waals surface area contributed by atoms with Gasteiger partial charge in [0.15, 0.2) is 6.61 Å². The fourth-order valence-corrected chi connectivity index (χ4v) is 3.70. The Balaban J connectivity index is 1.39. The fourth-order valence-electron chi connectivity index (χ4n) is 3.70.